The van der Waals surface area contributed by atoms with Crippen LogP contribution in [0.5, 0.6) is 0 Å². The first-order chi connectivity index (χ1) is 9.26. The Morgan fingerprint density at radius 3 is 2.63 bits per heavy atom. The molecule has 0 amide bonds. The Hall–Kier alpha value is -1.74. The molecule has 2 heterocycles. The molecular weight excluding hydrogens is 239 g/mol. The van der Waals surface area contributed by atoms with Crippen molar-refractivity contribution in [2.24, 2.45) is 0 Å². The number of pyridine rings is 1. The summed E-state index contributed by atoms with van der Waals surface area (Å²) < 4.78 is 14.9. The average Bonchev–Trinajstić information content (AvgIpc) is 2.84. The van der Waals surface area contributed by atoms with E-state index in [1.54, 1.807) is 12.3 Å². The molecule has 98 valence electrons. The van der Waals surface area contributed by atoms with Gasteiger partial charge in [0.05, 0.1) is 5.69 Å². The van der Waals surface area contributed by atoms with E-state index in [2.05, 4.69) is 22.0 Å². The van der Waals surface area contributed by atoms with Gasteiger partial charge in [0, 0.05) is 32.3 Å². The van der Waals surface area contributed by atoms with Gasteiger partial charge >= 0.3 is 0 Å². The molecule has 0 aliphatic carbocycles. The molecule has 3 heteroatoms. The van der Waals surface area contributed by atoms with Crippen molar-refractivity contribution in [2.75, 3.05) is 13.1 Å². The molecule has 1 aliphatic heterocycles. The molecule has 1 atom stereocenters. The van der Waals surface area contributed by atoms with Crippen LogP contribution in [0.1, 0.15) is 17.7 Å². The van der Waals surface area contributed by atoms with Crippen LogP contribution in [-0.4, -0.2) is 23.0 Å². The number of halogens is 1. The lowest BCUT2D eigenvalue weighted by atomic mass is 10.0. The zero-order valence-electron chi connectivity index (χ0n) is 10.8. The number of alkyl halides is 1. The second-order valence-electron chi connectivity index (χ2n) is 5.13. The van der Waals surface area contributed by atoms with Gasteiger partial charge in [-0.25, -0.2) is 4.39 Å². The van der Waals surface area contributed by atoms with E-state index in [0.29, 0.717) is 18.7 Å². The predicted octanol–water partition coefficient (Wildman–Crippen LogP) is 3.15. The molecule has 0 radical (unpaired) electrons. The summed E-state index contributed by atoms with van der Waals surface area (Å²) in [5.74, 6) is 0. The minimum atomic E-state index is -1.30. The fourth-order valence-electron chi connectivity index (χ4n) is 2.66. The number of hydrogen-bond donors (Lipinski definition) is 0. The lowest BCUT2D eigenvalue weighted by Gasteiger charge is -2.20. The molecule has 0 N–H and O–H groups in total. The third-order valence-electron chi connectivity index (χ3n) is 3.67. The molecule has 2 aromatic rings. The molecule has 0 saturated carbocycles. The zero-order valence-corrected chi connectivity index (χ0v) is 10.8. The quantitative estimate of drug-likeness (QED) is 0.838. The van der Waals surface area contributed by atoms with E-state index < -0.39 is 5.67 Å². The van der Waals surface area contributed by atoms with Gasteiger partial charge in [0.25, 0.3) is 0 Å². The highest BCUT2D eigenvalue weighted by Gasteiger charge is 2.40. The van der Waals surface area contributed by atoms with Gasteiger partial charge in [0.15, 0.2) is 5.67 Å². The van der Waals surface area contributed by atoms with Crippen LogP contribution in [0.3, 0.4) is 0 Å². The largest absolute Gasteiger partial charge is 0.295 e. The molecule has 1 unspecified atom stereocenters. The minimum absolute atomic E-state index is 0.429. The van der Waals surface area contributed by atoms with Crippen molar-refractivity contribution in [3.05, 3.63) is 66.0 Å². The molecule has 2 nitrogen and oxygen atoms in total. The minimum Gasteiger partial charge on any atom is -0.295 e. The SMILES string of the molecule is FC1(c2ccccn2)CCN(Cc2ccccc2)C1. The molecule has 1 aromatic carbocycles. The van der Waals surface area contributed by atoms with Crippen LogP contribution >= 0.6 is 0 Å². The van der Waals surface area contributed by atoms with E-state index in [9.17, 15) is 4.39 Å². The van der Waals surface area contributed by atoms with Gasteiger partial charge < -0.3 is 0 Å². The van der Waals surface area contributed by atoms with Gasteiger partial charge in [0.1, 0.15) is 0 Å². The molecule has 0 bridgehead atoms. The topological polar surface area (TPSA) is 16.1 Å². The molecule has 1 fully saturated rings. The molecule has 19 heavy (non-hydrogen) atoms. The van der Waals surface area contributed by atoms with Gasteiger partial charge in [-0.15, -0.1) is 0 Å². The van der Waals surface area contributed by atoms with Crippen molar-refractivity contribution in [1.29, 1.82) is 0 Å². The molecule has 3 rings (SSSR count). The van der Waals surface area contributed by atoms with Crippen LogP contribution < -0.4 is 0 Å². The molecule has 1 aromatic heterocycles. The Balaban J connectivity index is 1.70. The van der Waals surface area contributed by atoms with Crippen LogP contribution in [0.25, 0.3) is 0 Å². The highest BCUT2D eigenvalue weighted by atomic mass is 19.1. The lowest BCUT2D eigenvalue weighted by molar-refractivity contribution is 0.159. The lowest BCUT2D eigenvalue weighted by Crippen LogP contribution is -2.27. The van der Waals surface area contributed by atoms with Crippen LogP contribution in [0.2, 0.25) is 0 Å². The van der Waals surface area contributed by atoms with Crippen molar-refractivity contribution < 1.29 is 4.39 Å². The number of aromatic nitrogens is 1. The Morgan fingerprint density at radius 2 is 1.89 bits per heavy atom. The second kappa shape index (κ2) is 5.10. The van der Waals surface area contributed by atoms with Crippen LogP contribution in [0.4, 0.5) is 4.39 Å². The van der Waals surface area contributed by atoms with Crippen LogP contribution in [0, 0.1) is 0 Å². The van der Waals surface area contributed by atoms with Crippen molar-refractivity contribution in [1.82, 2.24) is 9.88 Å². The summed E-state index contributed by atoms with van der Waals surface area (Å²) in [7, 11) is 0. The van der Waals surface area contributed by atoms with E-state index >= 15 is 0 Å². The summed E-state index contributed by atoms with van der Waals surface area (Å²) in [4.78, 5) is 6.33. The van der Waals surface area contributed by atoms with Gasteiger partial charge in [0.2, 0.25) is 0 Å². The number of hydrogen-bond acceptors (Lipinski definition) is 2. The highest BCUT2D eigenvalue weighted by Crippen LogP contribution is 2.35. The molecule has 1 saturated heterocycles. The van der Waals surface area contributed by atoms with Gasteiger partial charge in [-0.05, 0) is 17.7 Å². The standard InChI is InChI=1S/C16H17FN2/c17-16(15-8-4-5-10-18-15)9-11-19(13-16)12-14-6-2-1-3-7-14/h1-8,10H,9,11-13H2. The summed E-state index contributed by atoms with van der Waals surface area (Å²) in [6.07, 6.45) is 2.19. The predicted molar refractivity (Wildman–Crippen MR) is 73.4 cm³/mol. The Bertz CT molecular complexity index is 529. The molecule has 1 aliphatic rings. The molecular formula is C16H17FN2. The summed E-state index contributed by atoms with van der Waals surface area (Å²) in [5.41, 5.74) is 0.495. The monoisotopic (exact) mass is 256 g/mol. The highest BCUT2D eigenvalue weighted by molar-refractivity contribution is 5.18. The van der Waals surface area contributed by atoms with Crippen molar-refractivity contribution >= 4 is 0 Å². The number of nitrogens with zero attached hydrogens (tertiary/aromatic N) is 2. The summed E-state index contributed by atoms with van der Waals surface area (Å²) in [6.45, 7) is 2.01. The Kier molecular flexibility index (Phi) is 3.30. The smallest absolute Gasteiger partial charge is 0.166 e. The fourth-order valence-corrected chi connectivity index (χ4v) is 2.66. The van der Waals surface area contributed by atoms with Crippen molar-refractivity contribution in [3.8, 4) is 0 Å². The third-order valence-corrected chi connectivity index (χ3v) is 3.67. The fraction of sp³-hybridized carbons (Fsp3) is 0.312. The maximum Gasteiger partial charge on any atom is 0.166 e. The van der Waals surface area contributed by atoms with Gasteiger partial charge in [-0.2, -0.15) is 0 Å². The van der Waals surface area contributed by atoms with Crippen molar-refractivity contribution in [2.45, 2.75) is 18.6 Å². The summed E-state index contributed by atoms with van der Waals surface area (Å²) >= 11 is 0. The second-order valence-corrected chi connectivity index (χ2v) is 5.13. The van der Waals surface area contributed by atoms with Crippen molar-refractivity contribution in [3.63, 3.8) is 0 Å². The maximum atomic E-state index is 14.9. The number of likely N-dealkylation sites (tertiary alicyclic amines) is 1. The van der Waals surface area contributed by atoms with E-state index in [-0.39, 0.29) is 0 Å². The summed E-state index contributed by atoms with van der Waals surface area (Å²) in [5, 5.41) is 0. The van der Waals surface area contributed by atoms with Crippen LogP contribution in [0.15, 0.2) is 54.7 Å². The van der Waals surface area contributed by atoms with E-state index in [1.807, 2.05) is 30.3 Å². The first-order valence-corrected chi connectivity index (χ1v) is 6.63. The number of benzene rings is 1. The van der Waals surface area contributed by atoms with E-state index in [0.717, 1.165) is 13.1 Å². The van der Waals surface area contributed by atoms with E-state index in [4.69, 9.17) is 0 Å². The van der Waals surface area contributed by atoms with Gasteiger partial charge in [-0.1, -0.05) is 36.4 Å². The molecule has 0 spiro atoms. The summed E-state index contributed by atoms with van der Waals surface area (Å²) in [6, 6.07) is 15.7. The normalized spacial score (nSPS) is 23.6. The maximum absolute atomic E-state index is 14.9. The zero-order chi connectivity index (χ0) is 13.1. The number of rotatable bonds is 3. The Labute approximate surface area is 112 Å². The first-order valence-electron chi connectivity index (χ1n) is 6.63. The van der Waals surface area contributed by atoms with Gasteiger partial charge in [-0.3, -0.25) is 9.88 Å². The first kappa shape index (κ1) is 12.3. The van der Waals surface area contributed by atoms with Crippen LogP contribution in [-0.2, 0) is 12.2 Å². The van der Waals surface area contributed by atoms with E-state index in [1.165, 1.54) is 5.56 Å². The average molecular weight is 256 g/mol. The third kappa shape index (κ3) is 2.66. The Morgan fingerprint density at radius 1 is 1.11 bits per heavy atom.